The molecule has 0 atom stereocenters. The SMILES string of the molecule is [B]c1cccc(Cn2cc(C(=O)c3ccc(C(F)(F)F)nc3)c(=O)c3ccccc32)c1. The molecule has 0 fully saturated rings. The van der Waals surface area contributed by atoms with Gasteiger partial charge in [0.15, 0.2) is 5.78 Å². The number of benzene rings is 2. The molecule has 0 spiro atoms. The van der Waals surface area contributed by atoms with E-state index < -0.39 is 23.1 Å². The summed E-state index contributed by atoms with van der Waals surface area (Å²) in [7, 11) is 5.85. The van der Waals surface area contributed by atoms with Crippen molar-refractivity contribution in [1.29, 1.82) is 0 Å². The molecular formula is C23H14BF3N2O2. The molecule has 0 aliphatic rings. The van der Waals surface area contributed by atoms with E-state index in [2.05, 4.69) is 4.98 Å². The molecule has 152 valence electrons. The molecule has 8 heteroatoms. The average molecular weight is 418 g/mol. The number of ketones is 1. The van der Waals surface area contributed by atoms with Crippen molar-refractivity contribution in [2.24, 2.45) is 0 Å². The predicted molar refractivity (Wildman–Crippen MR) is 112 cm³/mol. The Hall–Kier alpha value is -3.68. The van der Waals surface area contributed by atoms with E-state index in [9.17, 15) is 22.8 Å². The lowest BCUT2D eigenvalue weighted by atomic mass is 9.94. The minimum atomic E-state index is -4.62. The maximum absolute atomic E-state index is 13.0. The summed E-state index contributed by atoms with van der Waals surface area (Å²) >= 11 is 0. The van der Waals surface area contributed by atoms with Gasteiger partial charge in [-0.1, -0.05) is 41.9 Å². The van der Waals surface area contributed by atoms with Crippen LogP contribution in [0.4, 0.5) is 13.2 Å². The minimum absolute atomic E-state index is 0.101. The Morgan fingerprint density at radius 1 is 1.03 bits per heavy atom. The molecule has 0 unspecified atom stereocenters. The highest BCUT2D eigenvalue weighted by Gasteiger charge is 2.32. The standard InChI is InChI=1S/C23H14BF3N2O2/c24-16-5-3-4-14(10-16)12-29-13-18(22(31)17-6-1-2-7-19(17)29)21(30)15-8-9-20(28-11-15)23(25,26)27/h1-11,13H,12H2. The van der Waals surface area contributed by atoms with E-state index in [1.807, 2.05) is 6.07 Å². The zero-order chi connectivity index (χ0) is 22.2. The highest BCUT2D eigenvalue weighted by Crippen LogP contribution is 2.27. The summed E-state index contributed by atoms with van der Waals surface area (Å²) in [6.45, 7) is 0.345. The van der Waals surface area contributed by atoms with E-state index in [1.165, 1.54) is 6.20 Å². The van der Waals surface area contributed by atoms with Crippen LogP contribution in [0.1, 0.15) is 27.2 Å². The molecule has 4 nitrogen and oxygen atoms in total. The summed E-state index contributed by atoms with van der Waals surface area (Å²) in [4.78, 5) is 29.3. The first kappa shape index (κ1) is 20.6. The third-order valence-corrected chi connectivity index (χ3v) is 4.85. The van der Waals surface area contributed by atoms with Crippen LogP contribution in [0.15, 0.2) is 77.9 Å². The number of carbonyl (C=O) groups is 1. The van der Waals surface area contributed by atoms with Gasteiger partial charge >= 0.3 is 6.18 Å². The van der Waals surface area contributed by atoms with Crippen LogP contribution in [-0.2, 0) is 12.7 Å². The van der Waals surface area contributed by atoms with E-state index >= 15 is 0 Å². The van der Waals surface area contributed by atoms with Crippen LogP contribution in [0.5, 0.6) is 0 Å². The van der Waals surface area contributed by atoms with E-state index in [-0.39, 0.29) is 11.1 Å². The fourth-order valence-corrected chi connectivity index (χ4v) is 3.38. The molecule has 4 rings (SSSR count). The molecule has 2 radical (unpaired) electrons. The number of halogens is 3. The third-order valence-electron chi connectivity index (χ3n) is 4.85. The molecule has 0 saturated heterocycles. The van der Waals surface area contributed by atoms with Gasteiger partial charge in [0.1, 0.15) is 13.5 Å². The summed E-state index contributed by atoms with van der Waals surface area (Å²) < 4.78 is 40.0. The third kappa shape index (κ3) is 4.14. The fraction of sp³-hybridized carbons (Fsp3) is 0.0870. The fourth-order valence-electron chi connectivity index (χ4n) is 3.38. The Labute approximate surface area is 176 Å². The van der Waals surface area contributed by atoms with Crippen LogP contribution in [0.2, 0.25) is 0 Å². The minimum Gasteiger partial charge on any atom is -0.342 e. The van der Waals surface area contributed by atoms with Crippen LogP contribution in [0.25, 0.3) is 10.9 Å². The number of pyridine rings is 2. The predicted octanol–water partition coefficient (Wildman–Crippen LogP) is 3.49. The summed E-state index contributed by atoms with van der Waals surface area (Å²) in [5, 5.41) is 0.331. The van der Waals surface area contributed by atoms with Crippen molar-refractivity contribution in [2.75, 3.05) is 0 Å². The second-order valence-electron chi connectivity index (χ2n) is 7.02. The van der Waals surface area contributed by atoms with Crippen molar-refractivity contribution in [1.82, 2.24) is 9.55 Å². The van der Waals surface area contributed by atoms with Gasteiger partial charge in [-0.05, 0) is 29.8 Å². The van der Waals surface area contributed by atoms with Crippen LogP contribution >= 0.6 is 0 Å². The van der Waals surface area contributed by atoms with Gasteiger partial charge in [0.2, 0.25) is 5.43 Å². The molecule has 2 aromatic carbocycles. The summed E-state index contributed by atoms with van der Waals surface area (Å²) in [5.74, 6) is -0.696. The number of fused-ring (bicyclic) bond motifs is 1. The maximum Gasteiger partial charge on any atom is 0.433 e. The van der Waals surface area contributed by atoms with Crippen molar-refractivity contribution in [3.05, 3.63) is 106 Å². The van der Waals surface area contributed by atoms with Gasteiger partial charge < -0.3 is 4.57 Å². The van der Waals surface area contributed by atoms with Crippen LogP contribution in [0, 0.1) is 0 Å². The molecule has 2 aromatic heterocycles. The van der Waals surface area contributed by atoms with E-state index in [0.717, 1.165) is 23.9 Å². The Morgan fingerprint density at radius 3 is 2.48 bits per heavy atom. The Kier molecular flexibility index (Phi) is 5.23. The number of hydrogen-bond donors (Lipinski definition) is 0. The number of carbonyl (C=O) groups excluding carboxylic acids is 1. The monoisotopic (exact) mass is 418 g/mol. The Morgan fingerprint density at radius 2 is 1.81 bits per heavy atom. The van der Waals surface area contributed by atoms with E-state index in [1.54, 1.807) is 47.0 Å². The van der Waals surface area contributed by atoms with Crippen LogP contribution < -0.4 is 10.9 Å². The Bertz CT molecular complexity index is 1350. The van der Waals surface area contributed by atoms with E-state index in [0.29, 0.717) is 22.9 Å². The molecule has 0 saturated carbocycles. The number of rotatable bonds is 4. The summed E-state index contributed by atoms with van der Waals surface area (Å²) in [5.41, 5.74) is 0.210. The maximum atomic E-state index is 13.0. The highest BCUT2D eigenvalue weighted by molar-refractivity contribution is 6.32. The molecular weight excluding hydrogens is 404 g/mol. The lowest BCUT2D eigenvalue weighted by Crippen LogP contribution is -2.21. The summed E-state index contributed by atoms with van der Waals surface area (Å²) in [6, 6.07) is 15.8. The second kappa shape index (κ2) is 7.87. The van der Waals surface area contributed by atoms with Gasteiger partial charge in [0.25, 0.3) is 0 Å². The highest BCUT2D eigenvalue weighted by atomic mass is 19.4. The van der Waals surface area contributed by atoms with E-state index in [4.69, 9.17) is 7.85 Å². The topological polar surface area (TPSA) is 52.0 Å². The molecule has 0 bridgehead atoms. The molecule has 31 heavy (non-hydrogen) atoms. The molecule has 0 aliphatic carbocycles. The van der Waals surface area contributed by atoms with Gasteiger partial charge in [-0.15, -0.1) is 0 Å². The van der Waals surface area contributed by atoms with Gasteiger partial charge in [-0.25, -0.2) is 0 Å². The lowest BCUT2D eigenvalue weighted by Gasteiger charge is -2.14. The summed E-state index contributed by atoms with van der Waals surface area (Å²) in [6.07, 6.45) is -2.36. The number of nitrogens with zero attached hydrogens (tertiary/aromatic N) is 2. The number of aromatic nitrogens is 2. The van der Waals surface area contributed by atoms with Gasteiger partial charge in [0.05, 0.1) is 11.1 Å². The molecule has 2 heterocycles. The molecule has 0 N–H and O–H groups in total. The van der Waals surface area contributed by atoms with Gasteiger partial charge in [-0.3, -0.25) is 14.6 Å². The number of alkyl halides is 3. The molecule has 4 aromatic rings. The van der Waals surface area contributed by atoms with Crippen molar-refractivity contribution in [2.45, 2.75) is 12.7 Å². The van der Waals surface area contributed by atoms with Crippen molar-refractivity contribution in [3.8, 4) is 0 Å². The Balaban J connectivity index is 1.81. The van der Waals surface area contributed by atoms with Crippen molar-refractivity contribution < 1.29 is 18.0 Å². The quantitative estimate of drug-likeness (QED) is 0.377. The average Bonchev–Trinajstić information content (AvgIpc) is 2.75. The molecule has 0 amide bonds. The first-order valence-corrected chi connectivity index (χ1v) is 9.28. The first-order valence-electron chi connectivity index (χ1n) is 9.28. The lowest BCUT2D eigenvalue weighted by molar-refractivity contribution is -0.141. The zero-order valence-corrected chi connectivity index (χ0v) is 16.1. The normalized spacial score (nSPS) is 11.6. The molecule has 0 aliphatic heterocycles. The zero-order valence-electron chi connectivity index (χ0n) is 16.1. The van der Waals surface area contributed by atoms with Crippen molar-refractivity contribution in [3.63, 3.8) is 0 Å². The van der Waals surface area contributed by atoms with Gasteiger partial charge in [0, 0.05) is 29.9 Å². The number of para-hydroxylation sites is 1. The van der Waals surface area contributed by atoms with Crippen LogP contribution in [-0.4, -0.2) is 23.2 Å². The van der Waals surface area contributed by atoms with Gasteiger partial charge in [-0.2, -0.15) is 13.2 Å². The van der Waals surface area contributed by atoms with Crippen LogP contribution in [0.3, 0.4) is 0 Å². The largest absolute Gasteiger partial charge is 0.433 e. The smallest absolute Gasteiger partial charge is 0.342 e. The first-order chi connectivity index (χ1) is 14.7. The number of hydrogen-bond acceptors (Lipinski definition) is 3. The van der Waals surface area contributed by atoms with Crippen molar-refractivity contribution >= 4 is 30.0 Å². The second-order valence-corrected chi connectivity index (χ2v) is 7.02.